The van der Waals surface area contributed by atoms with Gasteiger partial charge in [-0.05, 0) is 57.7 Å². The number of hydrogen-bond acceptors (Lipinski definition) is 3. The molecule has 0 N–H and O–H groups in total. The summed E-state index contributed by atoms with van der Waals surface area (Å²) in [7, 11) is 4.16. The predicted octanol–water partition coefficient (Wildman–Crippen LogP) is 1.96. The lowest BCUT2D eigenvalue weighted by atomic mass is 10.0. The van der Waals surface area contributed by atoms with Gasteiger partial charge in [0.15, 0.2) is 5.78 Å². The number of piperidine rings is 1. The summed E-state index contributed by atoms with van der Waals surface area (Å²) in [5, 5.41) is 0. The molecule has 1 aromatic carbocycles. The number of benzene rings is 1. The summed E-state index contributed by atoms with van der Waals surface area (Å²) in [6.45, 7) is 2.67. The van der Waals surface area contributed by atoms with E-state index in [-0.39, 0.29) is 11.6 Å². The molecule has 0 bridgehead atoms. The predicted molar refractivity (Wildman–Crippen MR) is 78.3 cm³/mol. The van der Waals surface area contributed by atoms with Crippen LogP contribution in [0.3, 0.4) is 0 Å². The average molecular weight is 278 g/mol. The van der Waals surface area contributed by atoms with Gasteiger partial charge in [-0.3, -0.25) is 9.69 Å². The summed E-state index contributed by atoms with van der Waals surface area (Å²) >= 11 is 0. The lowest BCUT2D eigenvalue weighted by molar-refractivity contribution is -0.119. The summed E-state index contributed by atoms with van der Waals surface area (Å²) in [4.78, 5) is 16.6. The number of rotatable bonds is 5. The van der Waals surface area contributed by atoms with Crippen LogP contribution in [0.2, 0.25) is 0 Å². The largest absolute Gasteiger partial charge is 0.306 e. The molecule has 0 spiro atoms. The summed E-state index contributed by atoms with van der Waals surface area (Å²) in [5.74, 6) is -0.0670. The Morgan fingerprint density at radius 3 is 2.50 bits per heavy atom. The third-order valence-corrected chi connectivity index (χ3v) is 4.05. The highest BCUT2D eigenvalue weighted by Gasteiger charge is 2.21. The van der Waals surface area contributed by atoms with Crippen molar-refractivity contribution in [2.45, 2.75) is 25.3 Å². The van der Waals surface area contributed by atoms with E-state index < -0.39 is 0 Å². The lowest BCUT2D eigenvalue weighted by Gasteiger charge is -2.34. The molecule has 0 radical (unpaired) electrons. The second-order valence-electron chi connectivity index (χ2n) is 5.79. The van der Waals surface area contributed by atoms with Gasteiger partial charge in [-0.25, -0.2) is 4.39 Å². The second-order valence-corrected chi connectivity index (χ2v) is 5.79. The van der Waals surface area contributed by atoms with Crippen LogP contribution in [0.1, 0.15) is 18.4 Å². The first kappa shape index (κ1) is 15.1. The van der Waals surface area contributed by atoms with Gasteiger partial charge in [-0.1, -0.05) is 12.1 Å². The minimum Gasteiger partial charge on any atom is -0.306 e. The van der Waals surface area contributed by atoms with E-state index in [2.05, 4.69) is 16.8 Å². The molecule has 0 amide bonds. The number of likely N-dealkylation sites (N-methyl/N-ethyl adjacent to an activating group) is 1. The van der Waals surface area contributed by atoms with Gasteiger partial charge in [0.05, 0.1) is 6.54 Å². The van der Waals surface area contributed by atoms with Gasteiger partial charge in [0.1, 0.15) is 5.82 Å². The van der Waals surface area contributed by atoms with E-state index in [0.717, 1.165) is 31.5 Å². The summed E-state index contributed by atoms with van der Waals surface area (Å²) in [5.41, 5.74) is 0.883. The van der Waals surface area contributed by atoms with Gasteiger partial charge in [-0.2, -0.15) is 0 Å². The van der Waals surface area contributed by atoms with E-state index >= 15 is 0 Å². The van der Waals surface area contributed by atoms with Crippen molar-refractivity contribution in [1.82, 2.24) is 9.80 Å². The Kier molecular flexibility index (Phi) is 5.26. The minimum atomic E-state index is -0.260. The molecule has 20 heavy (non-hydrogen) atoms. The zero-order chi connectivity index (χ0) is 14.5. The fourth-order valence-electron chi connectivity index (χ4n) is 2.73. The highest BCUT2D eigenvalue weighted by molar-refractivity contribution is 5.82. The van der Waals surface area contributed by atoms with Crippen LogP contribution < -0.4 is 0 Å². The molecule has 0 unspecified atom stereocenters. The summed E-state index contributed by atoms with van der Waals surface area (Å²) < 4.78 is 12.8. The zero-order valence-corrected chi connectivity index (χ0v) is 12.3. The maximum Gasteiger partial charge on any atom is 0.151 e. The van der Waals surface area contributed by atoms with E-state index in [9.17, 15) is 9.18 Å². The van der Waals surface area contributed by atoms with Crippen molar-refractivity contribution >= 4 is 5.78 Å². The lowest BCUT2D eigenvalue weighted by Crippen LogP contribution is -2.43. The van der Waals surface area contributed by atoms with E-state index in [4.69, 9.17) is 0 Å². The van der Waals surface area contributed by atoms with Crippen LogP contribution in [0.5, 0.6) is 0 Å². The molecule has 1 fully saturated rings. The molecule has 4 heteroatoms. The van der Waals surface area contributed by atoms with Crippen molar-refractivity contribution in [2.75, 3.05) is 33.7 Å². The molecule has 0 saturated carbocycles. The molecule has 3 nitrogen and oxygen atoms in total. The van der Waals surface area contributed by atoms with Crippen molar-refractivity contribution in [1.29, 1.82) is 0 Å². The number of nitrogens with zero attached hydrogens (tertiary/aromatic N) is 2. The van der Waals surface area contributed by atoms with Crippen molar-refractivity contribution in [2.24, 2.45) is 0 Å². The summed E-state index contributed by atoms with van der Waals surface area (Å²) in [6.07, 6.45) is 2.63. The normalized spacial score (nSPS) is 17.6. The fourth-order valence-corrected chi connectivity index (χ4v) is 2.73. The van der Waals surface area contributed by atoms with Crippen LogP contribution >= 0.6 is 0 Å². The molecular weight excluding hydrogens is 255 g/mol. The molecule has 0 aromatic heterocycles. The highest BCUT2D eigenvalue weighted by Crippen LogP contribution is 2.14. The number of likely N-dealkylation sites (tertiary alicyclic amines) is 1. The number of halogens is 1. The first-order valence-electron chi connectivity index (χ1n) is 7.19. The van der Waals surface area contributed by atoms with Crippen LogP contribution in [0.4, 0.5) is 4.39 Å². The Labute approximate surface area is 120 Å². The van der Waals surface area contributed by atoms with Crippen LogP contribution in [-0.2, 0) is 11.2 Å². The molecule has 0 atom stereocenters. The van der Waals surface area contributed by atoms with Crippen molar-refractivity contribution in [3.63, 3.8) is 0 Å². The third kappa shape index (κ3) is 4.39. The van der Waals surface area contributed by atoms with Gasteiger partial charge in [0, 0.05) is 12.5 Å². The number of Topliss-reactive ketones (excluding diaryl/α,β-unsaturated/α-hetero) is 1. The quantitative estimate of drug-likeness (QED) is 0.822. The smallest absolute Gasteiger partial charge is 0.151 e. The number of carbonyl (C=O) groups excluding carboxylic acids is 1. The van der Waals surface area contributed by atoms with Gasteiger partial charge < -0.3 is 4.90 Å². The third-order valence-electron chi connectivity index (χ3n) is 4.05. The molecular formula is C16H23FN2O. The first-order chi connectivity index (χ1) is 9.54. The molecule has 1 aliphatic rings. The van der Waals surface area contributed by atoms with Gasteiger partial charge in [-0.15, -0.1) is 0 Å². The Morgan fingerprint density at radius 1 is 1.30 bits per heavy atom. The molecule has 110 valence electrons. The van der Waals surface area contributed by atoms with Crippen LogP contribution in [0.25, 0.3) is 0 Å². The number of hydrogen-bond donors (Lipinski definition) is 0. The standard InChI is InChI=1S/C16H23FN2O/c1-18-9-7-15(8-10-18)19(2)12-16(20)11-13-3-5-14(17)6-4-13/h3-6,15H,7-12H2,1-2H3. The Bertz CT molecular complexity index is 438. The maximum atomic E-state index is 12.8. The average Bonchev–Trinajstić information content (AvgIpc) is 2.42. The van der Waals surface area contributed by atoms with E-state index in [1.807, 2.05) is 7.05 Å². The topological polar surface area (TPSA) is 23.6 Å². The molecule has 1 heterocycles. The maximum absolute atomic E-state index is 12.8. The summed E-state index contributed by atoms with van der Waals surface area (Å²) in [6, 6.07) is 6.68. The Hall–Kier alpha value is -1.26. The molecule has 2 rings (SSSR count). The highest BCUT2D eigenvalue weighted by atomic mass is 19.1. The van der Waals surface area contributed by atoms with Crippen LogP contribution in [0.15, 0.2) is 24.3 Å². The Balaban J connectivity index is 1.80. The van der Waals surface area contributed by atoms with Crippen molar-refractivity contribution in [3.8, 4) is 0 Å². The SMILES string of the molecule is CN1CCC(N(C)CC(=O)Cc2ccc(F)cc2)CC1. The fraction of sp³-hybridized carbons (Fsp3) is 0.562. The Morgan fingerprint density at radius 2 is 1.90 bits per heavy atom. The minimum absolute atomic E-state index is 0.193. The van der Waals surface area contributed by atoms with Crippen molar-refractivity contribution in [3.05, 3.63) is 35.6 Å². The van der Waals surface area contributed by atoms with Crippen LogP contribution in [0, 0.1) is 5.82 Å². The second kappa shape index (κ2) is 6.95. The molecule has 1 saturated heterocycles. The molecule has 0 aliphatic carbocycles. The number of ketones is 1. The van der Waals surface area contributed by atoms with E-state index in [0.29, 0.717) is 19.0 Å². The van der Waals surface area contributed by atoms with E-state index in [1.165, 1.54) is 12.1 Å². The van der Waals surface area contributed by atoms with Crippen molar-refractivity contribution < 1.29 is 9.18 Å². The molecule has 1 aromatic rings. The number of carbonyl (C=O) groups is 1. The monoisotopic (exact) mass is 278 g/mol. The van der Waals surface area contributed by atoms with E-state index in [1.54, 1.807) is 12.1 Å². The zero-order valence-electron chi connectivity index (χ0n) is 12.3. The van der Waals surface area contributed by atoms with Crippen LogP contribution in [-0.4, -0.2) is 55.4 Å². The van der Waals surface area contributed by atoms with Gasteiger partial charge in [0.2, 0.25) is 0 Å². The van der Waals surface area contributed by atoms with Gasteiger partial charge >= 0.3 is 0 Å². The van der Waals surface area contributed by atoms with Gasteiger partial charge in [0.25, 0.3) is 0 Å². The first-order valence-corrected chi connectivity index (χ1v) is 7.19. The molecule has 1 aliphatic heterocycles.